The third-order valence-electron chi connectivity index (χ3n) is 2.53. The molecule has 0 atom stereocenters. The van der Waals surface area contributed by atoms with Crippen LogP contribution in [0, 0.1) is 6.92 Å². The molecular formula is C10H13F3N2O4S2. The summed E-state index contributed by atoms with van der Waals surface area (Å²) in [5, 5.41) is 0. The first-order valence-corrected chi connectivity index (χ1v) is 8.33. The zero-order chi connectivity index (χ0) is 16.6. The minimum Gasteiger partial charge on any atom is -0.276 e. The van der Waals surface area contributed by atoms with Gasteiger partial charge in [0.1, 0.15) is 0 Å². The summed E-state index contributed by atoms with van der Waals surface area (Å²) in [6, 6.07) is 3.08. The molecule has 1 rings (SSSR count). The van der Waals surface area contributed by atoms with Gasteiger partial charge in [-0.15, -0.1) is 0 Å². The van der Waals surface area contributed by atoms with Crippen LogP contribution in [0.2, 0.25) is 0 Å². The Morgan fingerprint density at radius 2 is 1.62 bits per heavy atom. The van der Waals surface area contributed by atoms with Crippen LogP contribution in [-0.2, 0) is 20.0 Å². The van der Waals surface area contributed by atoms with Gasteiger partial charge < -0.3 is 0 Å². The monoisotopic (exact) mass is 346 g/mol. The van der Waals surface area contributed by atoms with Crippen LogP contribution in [0.3, 0.4) is 0 Å². The van der Waals surface area contributed by atoms with E-state index >= 15 is 0 Å². The molecule has 0 saturated heterocycles. The SMILES string of the molecule is Cc1cc(S(=O)(=O)N(C)C)ccc1NS(=O)(=O)C(F)(F)F. The molecule has 0 unspecified atom stereocenters. The summed E-state index contributed by atoms with van der Waals surface area (Å²) in [7, 11) is -6.71. The van der Waals surface area contributed by atoms with E-state index in [1.54, 1.807) is 0 Å². The number of hydrogen-bond acceptors (Lipinski definition) is 4. The van der Waals surface area contributed by atoms with E-state index < -0.39 is 25.6 Å². The van der Waals surface area contributed by atoms with Gasteiger partial charge in [0.2, 0.25) is 10.0 Å². The molecule has 0 aliphatic rings. The molecule has 0 radical (unpaired) electrons. The minimum atomic E-state index is -5.55. The van der Waals surface area contributed by atoms with Crippen molar-refractivity contribution in [3.05, 3.63) is 23.8 Å². The first-order chi connectivity index (χ1) is 9.29. The largest absolute Gasteiger partial charge is 0.516 e. The summed E-state index contributed by atoms with van der Waals surface area (Å²) in [5.41, 5.74) is -5.75. The summed E-state index contributed by atoms with van der Waals surface area (Å²) in [6.45, 7) is 1.29. The van der Waals surface area contributed by atoms with Crippen LogP contribution in [0.1, 0.15) is 5.56 Å². The normalized spacial score (nSPS) is 13.5. The van der Waals surface area contributed by atoms with Crippen LogP contribution in [0.4, 0.5) is 18.9 Å². The zero-order valence-corrected chi connectivity index (χ0v) is 12.9. The minimum absolute atomic E-state index is 0.0470. The molecule has 0 heterocycles. The molecule has 120 valence electrons. The van der Waals surface area contributed by atoms with E-state index in [-0.39, 0.29) is 16.1 Å². The van der Waals surface area contributed by atoms with E-state index in [9.17, 15) is 30.0 Å². The molecule has 0 aliphatic carbocycles. The highest BCUT2D eigenvalue weighted by Gasteiger charge is 2.46. The zero-order valence-electron chi connectivity index (χ0n) is 11.3. The fraction of sp³-hybridized carbons (Fsp3) is 0.400. The lowest BCUT2D eigenvalue weighted by molar-refractivity contribution is -0.0429. The second-order valence-corrected chi connectivity index (χ2v) is 8.14. The molecular weight excluding hydrogens is 333 g/mol. The molecule has 21 heavy (non-hydrogen) atoms. The standard InChI is InChI=1S/C10H13F3N2O4S2/c1-7-6-8(20(16,17)15(2)3)4-5-9(7)14-21(18,19)10(11,12)13/h4-6,14H,1-3H3. The molecule has 1 aromatic rings. The van der Waals surface area contributed by atoms with E-state index in [1.807, 2.05) is 0 Å². The van der Waals surface area contributed by atoms with Crippen molar-refractivity contribution in [2.45, 2.75) is 17.3 Å². The number of benzene rings is 1. The molecule has 1 aromatic carbocycles. The Kier molecular flexibility index (Phi) is 4.61. The third kappa shape index (κ3) is 3.66. The number of anilines is 1. The number of alkyl halides is 3. The van der Waals surface area contributed by atoms with Gasteiger partial charge in [0, 0.05) is 14.1 Å². The van der Waals surface area contributed by atoms with Crippen LogP contribution in [-0.4, -0.2) is 40.7 Å². The Morgan fingerprint density at radius 3 is 2.00 bits per heavy atom. The molecule has 0 saturated carbocycles. The van der Waals surface area contributed by atoms with Crippen molar-refractivity contribution < 1.29 is 30.0 Å². The lowest BCUT2D eigenvalue weighted by atomic mass is 10.2. The van der Waals surface area contributed by atoms with Crippen LogP contribution < -0.4 is 4.72 Å². The van der Waals surface area contributed by atoms with Crippen LogP contribution in [0.25, 0.3) is 0 Å². The maximum Gasteiger partial charge on any atom is 0.516 e. The molecule has 0 bridgehead atoms. The van der Waals surface area contributed by atoms with E-state index in [0.717, 1.165) is 22.5 Å². The van der Waals surface area contributed by atoms with Crippen LogP contribution in [0.15, 0.2) is 23.1 Å². The first kappa shape index (κ1) is 17.7. The summed E-state index contributed by atoms with van der Waals surface area (Å²) >= 11 is 0. The molecule has 0 aromatic heterocycles. The lowest BCUT2D eigenvalue weighted by Gasteiger charge is -2.15. The highest BCUT2D eigenvalue weighted by molar-refractivity contribution is 7.93. The fourth-order valence-corrected chi connectivity index (χ4v) is 2.95. The maximum atomic E-state index is 12.3. The Labute approximate surface area is 120 Å². The van der Waals surface area contributed by atoms with Crippen molar-refractivity contribution in [3.8, 4) is 0 Å². The van der Waals surface area contributed by atoms with Gasteiger partial charge >= 0.3 is 15.5 Å². The summed E-state index contributed by atoms with van der Waals surface area (Å²) in [4.78, 5) is -0.153. The van der Waals surface area contributed by atoms with Gasteiger partial charge in [-0.3, -0.25) is 4.72 Å². The predicted octanol–water partition coefficient (Wildman–Crippen LogP) is 1.51. The number of aryl methyl sites for hydroxylation is 1. The molecule has 0 amide bonds. The molecule has 0 fully saturated rings. The molecule has 1 N–H and O–H groups in total. The quantitative estimate of drug-likeness (QED) is 0.896. The summed E-state index contributed by atoms with van der Waals surface area (Å²) in [5.74, 6) is 0. The van der Waals surface area contributed by atoms with Gasteiger partial charge in [-0.1, -0.05) is 0 Å². The number of rotatable bonds is 4. The predicted molar refractivity (Wildman–Crippen MR) is 70.6 cm³/mol. The molecule has 0 aliphatic heterocycles. The second-order valence-electron chi connectivity index (χ2n) is 4.32. The third-order valence-corrected chi connectivity index (χ3v) is 5.43. The topological polar surface area (TPSA) is 83.6 Å². The number of halogens is 3. The fourth-order valence-electron chi connectivity index (χ4n) is 1.32. The molecule has 11 heteroatoms. The smallest absolute Gasteiger partial charge is 0.276 e. The van der Waals surface area contributed by atoms with E-state index in [0.29, 0.717) is 0 Å². The first-order valence-electron chi connectivity index (χ1n) is 5.41. The average Bonchev–Trinajstić information content (AvgIpc) is 2.29. The number of sulfonamides is 2. The maximum absolute atomic E-state index is 12.3. The number of nitrogens with zero attached hydrogens (tertiary/aromatic N) is 1. The van der Waals surface area contributed by atoms with E-state index in [1.165, 1.54) is 25.7 Å². The van der Waals surface area contributed by atoms with Crippen molar-refractivity contribution in [2.75, 3.05) is 18.8 Å². The van der Waals surface area contributed by atoms with Gasteiger partial charge in [-0.05, 0) is 30.7 Å². The average molecular weight is 346 g/mol. The van der Waals surface area contributed by atoms with Gasteiger partial charge in [-0.2, -0.15) is 21.6 Å². The van der Waals surface area contributed by atoms with Gasteiger partial charge in [-0.25, -0.2) is 12.7 Å². The number of nitrogens with one attached hydrogen (secondary N) is 1. The van der Waals surface area contributed by atoms with E-state index in [4.69, 9.17) is 0 Å². The van der Waals surface area contributed by atoms with Crippen LogP contribution in [0.5, 0.6) is 0 Å². The van der Waals surface area contributed by atoms with Crippen molar-refractivity contribution in [3.63, 3.8) is 0 Å². The van der Waals surface area contributed by atoms with Crippen molar-refractivity contribution in [1.82, 2.24) is 4.31 Å². The lowest BCUT2D eigenvalue weighted by Crippen LogP contribution is -2.30. The van der Waals surface area contributed by atoms with E-state index in [2.05, 4.69) is 0 Å². The molecule has 0 spiro atoms. The van der Waals surface area contributed by atoms with Crippen molar-refractivity contribution in [2.24, 2.45) is 0 Å². The van der Waals surface area contributed by atoms with Crippen molar-refractivity contribution in [1.29, 1.82) is 0 Å². The van der Waals surface area contributed by atoms with Gasteiger partial charge in [0.15, 0.2) is 0 Å². The van der Waals surface area contributed by atoms with Gasteiger partial charge in [0.25, 0.3) is 0 Å². The van der Waals surface area contributed by atoms with Crippen molar-refractivity contribution >= 4 is 25.7 Å². The second kappa shape index (κ2) is 5.46. The summed E-state index contributed by atoms with van der Waals surface area (Å²) in [6.07, 6.45) is 0. The highest BCUT2D eigenvalue weighted by Crippen LogP contribution is 2.28. The Hall–Kier alpha value is -1.33. The van der Waals surface area contributed by atoms with Crippen LogP contribution >= 0.6 is 0 Å². The Bertz CT molecular complexity index is 740. The Morgan fingerprint density at radius 1 is 1.10 bits per heavy atom. The number of hydrogen-bond donors (Lipinski definition) is 1. The molecule has 6 nitrogen and oxygen atoms in total. The highest BCUT2D eigenvalue weighted by atomic mass is 32.2. The Balaban J connectivity index is 3.23. The summed E-state index contributed by atoms with van der Waals surface area (Å²) < 4.78 is 84.8. The van der Waals surface area contributed by atoms with Gasteiger partial charge in [0.05, 0.1) is 10.6 Å².